The average molecular weight is 1010 g/mol. The molecule has 1 unspecified atom stereocenters. The first-order chi connectivity index (χ1) is 34.1. The predicted octanol–water partition coefficient (Wildman–Crippen LogP) is 7.33. The minimum absolute atomic E-state index is 0.0247. The summed E-state index contributed by atoms with van der Waals surface area (Å²) in [7, 11) is 3.19. The van der Waals surface area contributed by atoms with Gasteiger partial charge in [0.25, 0.3) is 11.7 Å². The van der Waals surface area contributed by atoms with Crippen LogP contribution in [0.2, 0.25) is 0 Å². The van der Waals surface area contributed by atoms with Crippen molar-refractivity contribution < 1.29 is 68.0 Å². The van der Waals surface area contributed by atoms with Crippen molar-refractivity contribution in [3.63, 3.8) is 0 Å². The van der Waals surface area contributed by atoms with Crippen molar-refractivity contribution in [1.82, 2.24) is 4.90 Å². The first-order valence-electron chi connectivity index (χ1n) is 26.8. The molecule has 3 fully saturated rings. The SMILES string of the molecule is C=C1[C@H](C)C[C@H](C)/C=C/C=C/C=C(\C)C(OC[C@H](C)O)C[C@@H]2CC[C@@H](C)[C@@](O)(O2)C(=O)C(=O)N2CCCC[C@H]2C(=O)O[C@H]([C@H](C)C[C@@H]2CC[C@@H](OCCCO)[C@H](OC)C2)CC(=O)[C@H](C)/C=C(\C)[C@@H](O)[C@H]1OC. The van der Waals surface area contributed by atoms with Crippen LogP contribution in [0, 0.1) is 35.5 Å². The number of Topliss-reactive ketones (excluding diaryl/α,β-unsaturated/α-hetero) is 2. The third kappa shape index (κ3) is 17.3. The maximum Gasteiger partial charge on any atom is 0.329 e. The van der Waals surface area contributed by atoms with Gasteiger partial charge >= 0.3 is 5.97 Å². The monoisotopic (exact) mass is 1010 g/mol. The van der Waals surface area contributed by atoms with Crippen molar-refractivity contribution in [1.29, 1.82) is 0 Å². The maximum absolute atomic E-state index is 14.6. The third-order valence-electron chi connectivity index (χ3n) is 15.6. The second-order valence-corrected chi connectivity index (χ2v) is 21.6. The van der Waals surface area contributed by atoms with E-state index in [0.717, 1.165) is 30.4 Å². The number of aliphatic hydroxyl groups is 4. The molecule has 0 aromatic carbocycles. The van der Waals surface area contributed by atoms with E-state index in [4.69, 9.17) is 28.4 Å². The molecule has 2 bridgehead atoms. The molecule has 3 heterocycles. The Hall–Kier alpha value is -3.38. The molecule has 4 aliphatic rings. The Balaban J connectivity index is 1.71. The lowest BCUT2D eigenvalue weighted by Gasteiger charge is -2.43. The van der Waals surface area contributed by atoms with E-state index >= 15 is 0 Å². The average Bonchev–Trinajstić information content (AvgIpc) is 3.35. The molecule has 0 radical (unpaired) electrons. The lowest BCUT2D eigenvalue weighted by atomic mass is 9.78. The lowest BCUT2D eigenvalue weighted by molar-refractivity contribution is -0.266. The number of carbonyl (C=O) groups excluding carboxylic acids is 4. The van der Waals surface area contributed by atoms with Gasteiger partial charge in [-0.25, -0.2) is 4.79 Å². The number of nitrogens with zero attached hydrogens (tertiary/aromatic N) is 1. The van der Waals surface area contributed by atoms with Crippen molar-refractivity contribution in [3.8, 4) is 0 Å². The largest absolute Gasteiger partial charge is 0.460 e. The highest BCUT2D eigenvalue weighted by atomic mass is 16.6. The molecular formula is C57H91NO14. The zero-order valence-electron chi connectivity index (χ0n) is 45.2. The van der Waals surface area contributed by atoms with Gasteiger partial charge in [0, 0.05) is 58.7 Å². The number of methoxy groups -OCH3 is 2. The van der Waals surface area contributed by atoms with E-state index in [9.17, 15) is 39.6 Å². The molecule has 0 aromatic heterocycles. The van der Waals surface area contributed by atoms with Gasteiger partial charge < -0.3 is 53.7 Å². The normalized spacial score (nSPS) is 38.1. The molecule has 16 atom stereocenters. The molecule has 0 aromatic rings. The summed E-state index contributed by atoms with van der Waals surface area (Å²) in [6, 6.07) is -1.15. The highest BCUT2D eigenvalue weighted by Crippen LogP contribution is 2.38. The van der Waals surface area contributed by atoms with Crippen molar-refractivity contribution in [2.45, 2.75) is 200 Å². The van der Waals surface area contributed by atoms with E-state index in [1.165, 1.54) is 12.0 Å². The molecule has 15 nitrogen and oxygen atoms in total. The fourth-order valence-electron chi connectivity index (χ4n) is 10.9. The van der Waals surface area contributed by atoms with Crippen LogP contribution in [-0.4, -0.2) is 150 Å². The lowest BCUT2D eigenvalue weighted by Crippen LogP contribution is -2.61. The highest BCUT2D eigenvalue weighted by molar-refractivity contribution is 6.39. The number of hydrogen-bond acceptors (Lipinski definition) is 14. The number of fused-ring (bicyclic) bond motifs is 3. The third-order valence-corrected chi connectivity index (χ3v) is 15.6. The fourth-order valence-corrected chi connectivity index (χ4v) is 10.9. The predicted molar refractivity (Wildman–Crippen MR) is 275 cm³/mol. The van der Waals surface area contributed by atoms with Crippen LogP contribution in [0.5, 0.6) is 0 Å². The minimum Gasteiger partial charge on any atom is -0.460 e. The topological polar surface area (TPSA) is 208 Å². The summed E-state index contributed by atoms with van der Waals surface area (Å²) in [6.07, 6.45) is 12.9. The Labute approximate surface area is 430 Å². The standard InChI is InChI=1S/C57H91NO14/c1-35-18-13-12-14-19-36(2)49(70-34-42(8)60)32-45-23-21-41(7)57(66,72-45)54(63)55(64)58-25-16-15-20-46(58)56(65)71-50(39(5)30-44-22-24-48(51(31-44)67-10)69-27-17-26-59)33-47(61)38(4)29-40(6)52(62)53(68-11)43(9)37(3)28-35/h12-14,18-19,29,35,37-39,41-42,44-46,48-53,59-60,62,66H,9,15-17,20-28,30-34H2,1-8,10-11H3/b14-12+,18-13+,36-19+,40-29+/t35-,37-,38-,39-,41-,42+,44+,45+,46+,48-,49?,50+,51-,52-,53+,57-/m1/s1. The second-order valence-electron chi connectivity index (χ2n) is 21.6. The Morgan fingerprint density at radius 1 is 0.889 bits per heavy atom. The minimum atomic E-state index is -2.48. The summed E-state index contributed by atoms with van der Waals surface area (Å²) >= 11 is 0. The van der Waals surface area contributed by atoms with Crippen molar-refractivity contribution >= 4 is 23.4 Å². The summed E-state index contributed by atoms with van der Waals surface area (Å²) in [5.74, 6) is -7.07. The summed E-state index contributed by atoms with van der Waals surface area (Å²) < 4.78 is 36.5. The van der Waals surface area contributed by atoms with Crippen LogP contribution in [0.15, 0.2) is 59.8 Å². The molecule has 1 saturated carbocycles. The van der Waals surface area contributed by atoms with E-state index in [2.05, 4.69) is 26.5 Å². The number of ketones is 2. The summed E-state index contributed by atoms with van der Waals surface area (Å²) in [6.45, 7) is 19.8. The number of hydrogen-bond donors (Lipinski definition) is 4. The van der Waals surface area contributed by atoms with Crippen molar-refractivity contribution in [2.75, 3.05) is 40.6 Å². The van der Waals surface area contributed by atoms with Crippen LogP contribution < -0.4 is 0 Å². The van der Waals surface area contributed by atoms with E-state index in [-0.39, 0.29) is 80.7 Å². The number of esters is 1. The number of aliphatic hydroxyl groups excluding tert-OH is 3. The zero-order chi connectivity index (χ0) is 53.3. The Bertz CT molecular complexity index is 1890. The summed E-state index contributed by atoms with van der Waals surface area (Å²) in [5.41, 5.74) is 2.09. The maximum atomic E-state index is 14.6. The van der Waals surface area contributed by atoms with E-state index in [0.29, 0.717) is 57.1 Å². The van der Waals surface area contributed by atoms with Crippen LogP contribution in [-0.2, 0) is 47.6 Å². The Morgan fingerprint density at radius 3 is 2.31 bits per heavy atom. The molecule has 15 heteroatoms. The van der Waals surface area contributed by atoms with Gasteiger partial charge in [0.2, 0.25) is 5.79 Å². The van der Waals surface area contributed by atoms with Crippen molar-refractivity contribution in [2.24, 2.45) is 35.5 Å². The second kappa shape index (κ2) is 29.6. The highest BCUT2D eigenvalue weighted by Gasteiger charge is 2.53. The molecule has 408 valence electrons. The van der Waals surface area contributed by atoms with E-state index < -0.39 is 77.9 Å². The quantitative estimate of drug-likeness (QED) is 0.0654. The van der Waals surface area contributed by atoms with Gasteiger partial charge in [-0.1, -0.05) is 77.7 Å². The number of allylic oxidation sites excluding steroid dienone is 6. The first kappa shape index (κ1) is 61.2. The molecule has 3 aliphatic heterocycles. The van der Waals surface area contributed by atoms with Gasteiger partial charge in [-0.2, -0.15) is 0 Å². The molecule has 0 spiro atoms. The number of amides is 1. The molecular weight excluding hydrogens is 923 g/mol. The molecule has 2 saturated heterocycles. The first-order valence-corrected chi connectivity index (χ1v) is 26.8. The van der Waals surface area contributed by atoms with Gasteiger partial charge in [-0.05, 0) is 132 Å². The van der Waals surface area contributed by atoms with Crippen LogP contribution in [0.25, 0.3) is 0 Å². The van der Waals surface area contributed by atoms with E-state index in [1.54, 1.807) is 40.9 Å². The van der Waals surface area contributed by atoms with Gasteiger partial charge in [0.15, 0.2) is 0 Å². The van der Waals surface area contributed by atoms with E-state index in [1.807, 2.05) is 38.2 Å². The van der Waals surface area contributed by atoms with Crippen LogP contribution in [0.3, 0.4) is 0 Å². The molecule has 1 amide bonds. The Morgan fingerprint density at radius 2 is 1.62 bits per heavy atom. The van der Waals surface area contributed by atoms with Gasteiger partial charge in [0.1, 0.15) is 30.1 Å². The smallest absolute Gasteiger partial charge is 0.329 e. The summed E-state index contributed by atoms with van der Waals surface area (Å²) in [4.78, 5) is 58.9. The molecule has 1 aliphatic carbocycles. The van der Waals surface area contributed by atoms with Gasteiger partial charge in [-0.15, -0.1) is 0 Å². The zero-order valence-corrected chi connectivity index (χ0v) is 45.2. The number of rotatable bonds is 12. The van der Waals surface area contributed by atoms with Crippen LogP contribution in [0.4, 0.5) is 0 Å². The number of piperidine rings is 1. The van der Waals surface area contributed by atoms with Crippen LogP contribution in [0.1, 0.15) is 139 Å². The Kier molecular flexibility index (Phi) is 25.2. The number of carbonyl (C=O) groups is 4. The molecule has 4 rings (SSSR count). The molecule has 4 N–H and O–H groups in total. The fraction of sp³-hybridized carbons (Fsp3) is 0.754. The summed E-state index contributed by atoms with van der Waals surface area (Å²) in [5, 5.41) is 43.2. The van der Waals surface area contributed by atoms with Crippen molar-refractivity contribution in [3.05, 3.63) is 59.8 Å². The number of cyclic esters (lactones) is 1. The van der Waals surface area contributed by atoms with Gasteiger partial charge in [-0.3, -0.25) is 14.4 Å². The van der Waals surface area contributed by atoms with Crippen LogP contribution >= 0.6 is 0 Å². The molecule has 72 heavy (non-hydrogen) atoms. The number of ether oxygens (including phenoxy) is 6. The van der Waals surface area contributed by atoms with Gasteiger partial charge in [0.05, 0.1) is 37.1 Å².